The summed E-state index contributed by atoms with van der Waals surface area (Å²) in [6.07, 6.45) is 9.64. The molecule has 17 heteroatoms. The number of aromatic nitrogens is 1. The number of carbonyl (C=O) groups excluding carboxylic acids is 6. The minimum atomic E-state index is -1.43. The maximum absolute atomic E-state index is 14.4. The number of nitrogens with zero attached hydrogens (tertiary/aromatic N) is 2. The van der Waals surface area contributed by atoms with Gasteiger partial charge >= 0.3 is 5.97 Å². The lowest BCUT2D eigenvalue weighted by atomic mass is 9.84. The molecule has 4 amide bonds. The Morgan fingerprint density at radius 3 is 2.45 bits per heavy atom. The number of hydrogen-bond donors (Lipinski definition) is 7. The second-order valence-electron chi connectivity index (χ2n) is 16.4. The number of anilines is 1. The summed E-state index contributed by atoms with van der Waals surface area (Å²) in [6.45, 7) is 12.3. The standard InChI is InChI=1S/C46H61N6O10P.C2H6/c1-27(2)41-44(59)48-36(25-31-23-32(54)26-33(63)24-31)45(60)52-22-12-14-35(51-52)46(61)62-38(28(3)13-11-18-40(56)49-39-17-9-10-21-47-39)16-8-6-7-15-37(55)30(5)42(57)34(43(58)50-41)20-19-29(4)53;1-2/h6-11,13,15,17-18,21,23-24,26-27,30,34-38,41-42,51,54-55,57H,12,14,16,19-20,22,25,63H2,1-5H3,(H,48,59)(H,50,58)(H,47,49,56);1-2H3/b8-6+,15-7+,18-11+,28-13+;/t30?,34?,35?,36?,37-,38-,41?,42?;/m0./s1. The first-order chi connectivity index (χ1) is 30.9. The first kappa shape index (κ1) is 53.8. The molecule has 354 valence electrons. The number of ether oxygens (including phenoxy) is 1. The predicted octanol–water partition coefficient (Wildman–Crippen LogP) is 3.89. The Morgan fingerprint density at radius 1 is 1.05 bits per heavy atom. The van der Waals surface area contributed by atoms with Crippen LogP contribution in [-0.2, 0) is 39.9 Å². The zero-order valence-electron chi connectivity index (χ0n) is 38.4. The molecule has 2 aliphatic heterocycles. The SMILES string of the molecule is CC.CC(=O)CCC1C(=O)NC(C(C)C)C(=O)NC(Cc2cc(O)cc(P)c2)C(=O)N2CCCC(N2)C(=O)O[C@H](/C(C)=C/C=C/C(=O)Nc2ccccn2)C/C=C/C=C/[C@H](O)C(C)C1O. The second-order valence-corrected chi connectivity index (χ2v) is 17.0. The molecule has 9 atom stereocenters. The number of esters is 1. The van der Waals surface area contributed by atoms with Crippen molar-refractivity contribution in [2.24, 2.45) is 17.8 Å². The van der Waals surface area contributed by atoms with Crippen LogP contribution in [-0.4, -0.2) is 104 Å². The molecule has 16 nitrogen and oxygen atoms in total. The first-order valence-electron chi connectivity index (χ1n) is 22.2. The molecule has 7 N–H and O–H groups in total. The molecule has 0 radical (unpaired) electrons. The smallest absolute Gasteiger partial charge is 0.325 e. The van der Waals surface area contributed by atoms with Gasteiger partial charge in [-0.25, -0.2) is 10.4 Å². The van der Waals surface area contributed by atoms with Gasteiger partial charge < -0.3 is 40.8 Å². The molecular weight excluding hydrogens is 852 g/mol. The molecule has 7 unspecified atom stereocenters. The summed E-state index contributed by atoms with van der Waals surface area (Å²) in [4.78, 5) is 85.1. The quantitative estimate of drug-likeness (QED) is 0.0779. The minimum absolute atomic E-state index is 0.0368. The lowest BCUT2D eigenvalue weighted by Gasteiger charge is -2.36. The number of pyridine rings is 1. The monoisotopic (exact) mass is 918 g/mol. The van der Waals surface area contributed by atoms with Gasteiger partial charge in [0.2, 0.25) is 17.7 Å². The lowest BCUT2D eigenvalue weighted by Crippen LogP contribution is -2.62. The number of hydrazine groups is 1. The van der Waals surface area contributed by atoms with Crippen molar-refractivity contribution in [3.63, 3.8) is 0 Å². The number of carbonyl (C=O) groups is 6. The third-order valence-corrected chi connectivity index (χ3v) is 11.2. The number of nitrogens with one attached hydrogen (secondary N) is 4. The van der Waals surface area contributed by atoms with Crippen LogP contribution in [0.1, 0.15) is 86.1 Å². The van der Waals surface area contributed by atoms with E-state index in [2.05, 4.69) is 35.6 Å². The van der Waals surface area contributed by atoms with Gasteiger partial charge in [-0.15, -0.1) is 9.24 Å². The molecular formula is C48H67N6O10P. The van der Waals surface area contributed by atoms with Crippen molar-refractivity contribution in [2.75, 3.05) is 11.9 Å². The highest BCUT2D eigenvalue weighted by molar-refractivity contribution is 7.27. The molecule has 0 spiro atoms. The van der Waals surface area contributed by atoms with Crippen LogP contribution in [0.4, 0.5) is 5.82 Å². The molecule has 1 aromatic heterocycles. The number of benzene rings is 1. The van der Waals surface area contributed by atoms with Crippen molar-refractivity contribution in [3.8, 4) is 5.75 Å². The highest BCUT2D eigenvalue weighted by Crippen LogP contribution is 2.24. The van der Waals surface area contributed by atoms with Gasteiger partial charge in [0.15, 0.2) is 0 Å². The molecule has 2 bridgehead atoms. The molecule has 1 saturated heterocycles. The van der Waals surface area contributed by atoms with Gasteiger partial charge in [-0.3, -0.25) is 29.0 Å². The number of aliphatic hydroxyl groups is 2. The Balaban J connectivity index is 0.00000553. The minimum Gasteiger partial charge on any atom is -0.508 e. The molecule has 1 aromatic carbocycles. The topological polar surface area (TPSA) is 237 Å². The van der Waals surface area contributed by atoms with E-state index < -0.39 is 83.8 Å². The number of aromatic hydroxyl groups is 1. The van der Waals surface area contributed by atoms with Crippen LogP contribution < -0.4 is 26.7 Å². The number of hydrogen-bond acceptors (Lipinski definition) is 12. The van der Waals surface area contributed by atoms with E-state index in [1.807, 2.05) is 13.8 Å². The number of fused-ring (bicyclic) bond motifs is 2. The Bertz CT molecular complexity index is 2040. The summed E-state index contributed by atoms with van der Waals surface area (Å²) in [5.74, 6) is -5.53. The van der Waals surface area contributed by atoms with Crippen molar-refractivity contribution in [1.82, 2.24) is 26.1 Å². The third-order valence-electron chi connectivity index (χ3n) is 10.9. The summed E-state index contributed by atoms with van der Waals surface area (Å²) in [5.41, 5.74) is 4.11. The van der Waals surface area contributed by atoms with Crippen molar-refractivity contribution in [2.45, 2.75) is 123 Å². The molecule has 4 rings (SSSR count). The molecule has 2 aromatic rings. The average Bonchev–Trinajstić information content (AvgIpc) is 3.26. The fourth-order valence-electron chi connectivity index (χ4n) is 7.18. The molecule has 65 heavy (non-hydrogen) atoms. The number of aliphatic hydroxyl groups excluding tert-OH is 2. The lowest BCUT2D eigenvalue weighted by molar-refractivity contribution is -0.156. The fourth-order valence-corrected chi connectivity index (χ4v) is 7.56. The Morgan fingerprint density at radius 2 is 1.78 bits per heavy atom. The van der Waals surface area contributed by atoms with Gasteiger partial charge in [-0.05, 0) is 79.7 Å². The molecule has 2 aliphatic rings. The average molecular weight is 919 g/mol. The highest BCUT2D eigenvalue weighted by atomic mass is 31.0. The normalized spacial score (nSPS) is 26.3. The van der Waals surface area contributed by atoms with E-state index in [0.717, 1.165) is 0 Å². The van der Waals surface area contributed by atoms with Gasteiger partial charge in [-0.1, -0.05) is 83.2 Å². The van der Waals surface area contributed by atoms with E-state index >= 15 is 0 Å². The number of phenolic OH excluding ortho intramolecular Hbond substituents is 1. The largest absolute Gasteiger partial charge is 0.508 e. The van der Waals surface area contributed by atoms with Crippen LogP contribution in [0, 0.1) is 17.8 Å². The van der Waals surface area contributed by atoms with Crippen LogP contribution in [0.25, 0.3) is 0 Å². The predicted molar refractivity (Wildman–Crippen MR) is 252 cm³/mol. The number of rotatable bonds is 10. The van der Waals surface area contributed by atoms with Crippen LogP contribution in [0.3, 0.4) is 0 Å². The van der Waals surface area contributed by atoms with Gasteiger partial charge in [0.05, 0.1) is 18.1 Å². The van der Waals surface area contributed by atoms with Crippen LogP contribution >= 0.6 is 9.24 Å². The van der Waals surface area contributed by atoms with Gasteiger partial charge in [0.25, 0.3) is 5.91 Å². The summed E-state index contributed by atoms with van der Waals surface area (Å²) < 4.78 is 6.05. The number of phenols is 1. The van der Waals surface area contributed by atoms with E-state index in [4.69, 9.17) is 4.74 Å². The Labute approximate surface area is 384 Å². The third kappa shape index (κ3) is 17.4. The van der Waals surface area contributed by atoms with Gasteiger partial charge in [-0.2, -0.15) is 0 Å². The van der Waals surface area contributed by atoms with E-state index in [1.54, 1.807) is 82.5 Å². The van der Waals surface area contributed by atoms with Gasteiger partial charge in [0.1, 0.15) is 41.6 Å². The van der Waals surface area contributed by atoms with Crippen molar-refractivity contribution in [3.05, 3.63) is 96.3 Å². The Hall–Kier alpha value is -5.54. The van der Waals surface area contributed by atoms with E-state index in [-0.39, 0.29) is 43.8 Å². The molecule has 0 saturated carbocycles. The van der Waals surface area contributed by atoms with Crippen molar-refractivity contribution < 1.29 is 48.8 Å². The number of allylic oxidation sites excluding steroid dienone is 4. The van der Waals surface area contributed by atoms with Crippen molar-refractivity contribution >= 4 is 55.7 Å². The molecule has 1 fully saturated rings. The molecule has 0 aliphatic carbocycles. The summed E-state index contributed by atoms with van der Waals surface area (Å²) >= 11 is 0. The zero-order chi connectivity index (χ0) is 48.2. The number of amides is 4. The van der Waals surface area contributed by atoms with Crippen molar-refractivity contribution in [1.29, 1.82) is 0 Å². The maximum Gasteiger partial charge on any atom is 0.325 e. The fraction of sp³-hybridized carbons (Fsp3) is 0.479. The van der Waals surface area contributed by atoms with Crippen LogP contribution in [0.2, 0.25) is 0 Å². The highest BCUT2D eigenvalue weighted by Gasteiger charge is 2.38. The van der Waals surface area contributed by atoms with E-state index in [9.17, 15) is 44.1 Å². The first-order valence-corrected chi connectivity index (χ1v) is 22.7. The molecule has 3 heterocycles. The summed E-state index contributed by atoms with van der Waals surface area (Å²) in [7, 11) is 2.48. The van der Waals surface area contributed by atoms with Gasteiger partial charge in [0, 0.05) is 44.0 Å². The Kier molecular flexibility index (Phi) is 22.4. The second kappa shape index (κ2) is 27.1. The van der Waals surface area contributed by atoms with E-state index in [1.165, 1.54) is 42.3 Å². The van der Waals surface area contributed by atoms with Crippen LogP contribution in [0.15, 0.2) is 90.7 Å². The number of Topliss-reactive ketones (excluding diaryl/α,β-unsaturated/α-hetero) is 1. The van der Waals surface area contributed by atoms with E-state index in [0.29, 0.717) is 35.1 Å². The van der Waals surface area contributed by atoms with Crippen LogP contribution in [0.5, 0.6) is 5.75 Å². The maximum atomic E-state index is 14.4. The number of cyclic esters (lactones) is 1. The zero-order valence-corrected chi connectivity index (χ0v) is 39.6. The summed E-state index contributed by atoms with van der Waals surface area (Å²) in [6, 6.07) is 6.44. The number of ketones is 1. The summed E-state index contributed by atoms with van der Waals surface area (Å²) in [5, 5.41) is 43.1.